The van der Waals surface area contributed by atoms with Gasteiger partial charge in [0.2, 0.25) is 5.91 Å². The normalized spacial score (nSPS) is 28.3. The van der Waals surface area contributed by atoms with E-state index in [9.17, 15) is 4.79 Å². The van der Waals surface area contributed by atoms with E-state index < -0.39 is 0 Å². The number of hydrogen-bond acceptors (Lipinski definition) is 2. The predicted octanol–water partition coefficient (Wildman–Crippen LogP) is 4.53. The molecule has 3 atom stereocenters. The summed E-state index contributed by atoms with van der Waals surface area (Å²) in [6.07, 6.45) is 6.69. The zero-order chi connectivity index (χ0) is 19.7. The van der Waals surface area contributed by atoms with Gasteiger partial charge in [-0.15, -0.1) is 0 Å². The molecule has 0 spiro atoms. The van der Waals surface area contributed by atoms with Crippen LogP contribution in [0.5, 0.6) is 0 Å². The molecule has 1 amide bonds. The Morgan fingerprint density at radius 1 is 0.931 bits per heavy atom. The molecule has 2 aromatic rings. The minimum absolute atomic E-state index is 0.286. The van der Waals surface area contributed by atoms with Gasteiger partial charge in [0, 0.05) is 25.7 Å². The first-order valence-corrected chi connectivity index (χ1v) is 11.4. The molecule has 152 valence electrons. The fraction of sp³-hybridized carbons (Fsp3) is 0.500. The Kier molecular flexibility index (Phi) is 5.17. The van der Waals surface area contributed by atoms with Crippen LogP contribution in [0.4, 0.5) is 0 Å². The topological polar surface area (TPSA) is 32.3 Å². The van der Waals surface area contributed by atoms with Crippen molar-refractivity contribution in [2.45, 2.75) is 56.5 Å². The highest BCUT2D eigenvalue weighted by Crippen LogP contribution is 2.43. The molecular formula is C26H32N2O. The first-order valence-electron chi connectivity index (χ1n) is 11.4. The van der Waals surface area contributed by atoms with Gasteiger partial charge in [0.05, 0.1) is 5.41 Å². The van der Waals surface area contributed by atoms with Gasteiger partial charge >= 0.3 is 0 Å². The molecule has 1 heterocycles. The fourth-order valence-corrected chi connectivity index (χ4v) is 6.20. The van der Waals surface area contributed by atoms with E-state index in [-0.39, 0.29) is 11.3 Å². The maximum Gasteiger partial charge on any atom is 0.230 e. The van der Waals surface area contributed by atoms with Gasteiger partial charge in [-0.05, 0) is 48.6 Å². The zero-order valence-corrected chi connectivity index (χ0v) is 17.2. The zero-order valence-electron chi connectivity index (χ0n) is 17.2. The lowest BCUT2D eigenvalue weighted by Crippen LogP contribution is -2.48. The Labute approximate surface area is 174 Å². The Morgan fingerprint density at radius 3 is 2.34 bits per heavy atom. The number of hydrogen-bond donors (Lipinski definition) is 1. The molecule has 0 unspecified atom stereocenters. The quantitative estimate of drug-likeness (QED) is 0.816. The lowest BCUT2D eigenvalue weighted by atomic mass is 9.77. The third kappa shape index (κ3) is 3.61. The molecule has 29 heavy (non-hydrogen) atoms. The molecule has 3 nitrogen and oxygen atoms in total. The molecule has 3 aliphatic rings. The van der Waals surface area contributed by atoms with Crippen LogP contribution in [0.25, 0.3) is 0 Å². The summed E-state index contributed by atoms with van der Waals surface area (Å²) in [5.41, 5.74) is 2.30. The van der Waals surface area contributed by atoms with E-state index in [1.165, 1.54) is 24.1 Å². The van der Waals surface area contributed by atoms with Crippen LogP contribution in [-0.2, 0) is 16.8 Å². The minimum Gasteiger partial charge on any atom is -0.352 e. The highest BCUT2D eigenvalue weighted by Gasteiger charge is 2.47. The van der Waals surface area contributed by atoms with Crippen molar-refractivity contribution in [2.75, 3.05) is 13.1 Å². The van der Waals surface area contributed by atoms with Gasteiger partial charge in [-0.25, -0.2) is 0 Å². The van der Waals surface area contributed by atoms with Crippen molar-refractivity contribution in [1.82, 2.24) is 10.2 Å². The number of carbonyl (C=O) groups excluding carboxylic acids is 1. The minimum atomic E-state index is -0.304. The molecule has 3 fully saturated rings. The first kappa shape index (κ1) is 18.9. The summed E-state index contributed by atoms with van der Waals surface area (Å²) in [6.45, 7) is 3.32. The van der Waals surface area contributed by atoms with Crippen molar-refractivity contribution in [3.8, 4) is 0 Å². The molecule has 3 heteroatoms. The van der Waals surface area contributed by atoms with Crippen LogP contribution in [-0.4, -0.2) is 29.9 Å². The smallest absolute Gasteiger partial charge is 0.230 e. The van der Waals surface area contributed by atoms with Gasteiger partial charge in [-0.1, -0.05) is 73.5 Å². The number of likely N-dealkylation sites (tertiary alicyclic amines) is 1. The summed E-state index contributed by atoms with van der Waals surface area (Å²) >= 11 is 0. The van der Waals surface area contributed by atoms with E-state index >= 15 is 0 Å². The summed E-state index contributed by atoms with van der Waals surface area (Å²) in [7, 11) is 0. The second kappa shape index (κ2) is 7.95. The SMILES string of the molecule is O=C(N[C@@H]1CC[C@@H]2CN(Cc3ccccc3)C[C@H]21)C1(c2ccccc2)CCCC1. The number of rotatable bonds is 5. The van der Waals surface area contributed by atoms with Gasteiger partial charge in [0.1, 0.15) is 0 Å². The third-order valence-electron chi connectivity index (χ3n) is 7.72. The molecule has 2 aliphatic carbocycles. The molecule has 1 saturated heterocycles. The molecular weight excluding hydrogens is 356 g/mol. The Morgan fingerprint density at radius 2 is 1.62 bits per heavy atom. The third-order valence-corrected chi connectivity index (χ3v) is 7.72. The molecule has 1 aliphatic heterocycles. The average Bonchev–Trinajstić information content (AvgIpc) is 3.47. The number of benzene rings is 2. The van der Waals surface area contributed by atoms with Crippen molar-refractivity contribution >= 4 is 5.91 Å². The van der Waals surface area contributed by atoms with Crippen LogP contribution in [0.3, 0.4) is 0 Å². The monoisotopic (exact) mass is 388 g/mol. The second-order valence-electron chi connectivity index (χ2n) is 9.42. The summed E-state index contributed by atoms with van der Waals surface area (Å²) in [4.78, 5) is 16.1. The number of nitrogens with zero attached hydrogens (tertiary/aromatic N) is 1. The second-order valence-corrected chi connectivity index (χ2v) is 9.42. The Hall–Kier alpha value is -2.13. The largest absolute Gasteiger partial charge is 0.352 e. The molecule has 0 radical (unpaired) electrons. The molecule has 2 aromatic carbocycles. The van der Waals surface area contributed by atoms with Gasteiger partial charge in [-0.3, -0.25) is 9.69 Å². The summed E-state index contributed by atoms with van der Waals surface area (Å²) in [5, 5.41) is 3.55. The highest BCUT2D eigenvalue weighted by atomic mass is 16.2. The predicted molar refractivity (Wildman–Crippen MR) is 116 cm³/mol. The first-order chi connectivity index (χ1) is 14.2. The molecule has 2 saturated carbocycles. The van der Waals surface area contributed by atoms with E-state index in [1.54, 1.807) is 0 Å². The summed E-state index contributed by atoms with van der Waals surface area (Å²) < 4.78 is 0. The maximum atomic E-state index is 13.6. The van der Waals surface area contributed by atoms with E-state index in [4.69, 9.17) is 0 Å². The van der Waals surface area contributed by atoms with Crippen molar-refractivity contribution < 1.29 is 4.79 Å². The maximum absolute atomic E-state index is 13.6. The molecule has 5 rings (SSSR count). The Bertz CT molecular complexity index is 828. The lowest BCUT2D eigenvalue weighted by Gasteiger charge is -2.31. The van der Waals surface area contributed by atoms with E-state index in [0.717, 1.165) is 51.1 Å². The van der Waals surface area contributed by atoms with Gasteiger partial charge in [-0.2, -0.15) is 0 Å². The van der Waals surface area contributed by atoms with Gasteiger partial charge < -0.3 is 5.32 Å². The lowest BCUT2D eigenvalue weighted by molar-refractivity contribution is -0.127. The van der Waals surface area contributed by atoms with Crippen molar-refractivity contribution in [1.29, 1.82) is 0 Å². The van der Waals surface area contributed by atoms with Crippen molar-refractivity contribution in [3.05, 3.63) is 71.8 Å². The van der Waals surface area contributed by atoms with E-state index in [0.29, 0.717) is 12.0 Å². The number of nitrogens with one attached hydrogen (secondary N) is 1. The van der Waals surface area contributed by atoms with Gasteiger partial charge in [0.15, 0.2) is 0 Å². The standard InChI is InChI=1S/C26H32N2O/c29-25(26(15-7-8-16-26)22-11-5-2-6-12-22)27-24-14-13-21-18-28(19-23(21)24)17-20-9-3-1-4-10-20/h1-6,9-12,21,23-24H,7-8,13-19H2,(H,27,29)/t21-,23-,24-/m1/s1. The van der Waals surface area contributed by atoms with E-state index in [2.05, 4.69) is 64.8 Å². The van der Waals surface area contributed by atoms with Gasteiger partial charge in [0.25, 0.3) is 0 Å². The summed E-state index contributed by atoms with van der Waals surface area (Å²) in [5.74, 6) is 1.63. The van der Waals surface area contributed by atoms with Crippen molar-refractivity contribution in [3.63, 3.8) is 0 Å². The van der Waals surface area contributed by atoms with Crippen LogP contribution in [0.15, 0.2) is 60.7 Å². The molecule has 0 aromatic heterocycles. The van der Waals surface area contributed by atoms with Crippen LogP contribution in [0.1, 0.15) is 49.7 Å². The van der Waals surface area contributed by atoms with Crippen LogP contribution < -0.4 is 5.32 Å². The molecule has 0 bridgehead atoms. The average molecular weight is 389 g/mol. The number of fused-ring (bicyclic) bond motifs is 1. The fourth-order valence-electron chi connectivity index (χ4n) is 6.20. The van der Waals surface area contributed by atoms with Crippen LogP contribution in [0.2, 0.25) is 0 Å². The van der Waals surface area contributed by atoms with Crippen LogP contribution in [0, 0.1) is 11.8 Å². The number of amides is 1. The molecule has 1 N–H and O–H groups in total. The summed E-state index contributed by atoms with van der Waals surface area (Å²) in [6, 6.07) is 21.6. The van der Waals surface area contributed by atoms with Crippen molar-refractivity contribution in [2.24, 2.45) is 11.8 Å². The Balaban J connectivity index is 1.27. The van der Waals surface area contributed by atoms with Crippen LogP contribution >= 0.6 is 0 Å². The highest BCUT2D eigenvalue weighted by molar-refractivity contribution is 5.88. The number of carbonyl (C=O) groups is 1. The van der Waals surface area contributed by atoms with E-state index in [1.807, 2.05) is 6.07 Å².